The molecule has 0 spiro atoms. The second kappa shape index (κ2) is 8.98. The molecule has 1 aliphatic heterocycles. The van der Waals surface area contributed by atoms with Gasteiger partial charge in [0.2, 0.25) is 5.91 Å². The predicted octanol–water partition coefficient (Wildman–Crippen LogP) is 3.31. The molecule has 2 aromatic heterocycles. The van der Waals surface area contributed by atoms with Gasteiger partial charge < -0.3 is 9.88 Å². The molecule has 0 unspecified atom stereocenters. The van der Waals surface area contributed by atoms with Crippen molar-refractivity contribution in [2.45, 2.75) is 31.6 Å². The van der Waals surface area contributed by atoms with Crippen molar-refractivity contribution in [2.24, 2.45) is 0 Å². The molecule has 30 heavy (non-hydrogen) atoms. The van der Waals surface area contributed by atoms with Gasteiger partial charge in [0.15, 0.2) is 0 Å². The number of hydrogen-bond donors (Lipinski definition) is 1. The topological polar surface area (TPSA) is 79.0 Å². The van der Waals surface area contributed by atoms with Gasteiger partial charge in [0.1, 0.15) is 11.6 Å². The second-order valence-electron chi connectivity index (χ2n) is 7.52. The first-order valence-corrected chi connectivity index (χ1v) is 10.1. The minimum atomic E-state index is -0.281. The molecule has 1 aromatic carbocycles. The van der Waals surface area contributed by atoms with Gasteiger partial charge in [0.25, 0.3) is 5.56 Å². The normalized spacial score (nSPS) is 16.4. The number of piperidine rings is 1. The Labute approximate surface area is 173 Å². The van der Waals surface area contributed by atoms with E-state index in [2.05, 4.69) is 15.0 Å². The molecule has 1 saturated heterocycles. The van der Waals surface area contributed by atoms with Crippen LogP contribution in [0.5, 0.6) is 0 Å². The fourth-order valence-corrected chi connectivity index (χ4v) is 3.87. The van der Waals surface area contributed by atoms with Crippen LogP contribution in [0.3, 0.4) is 0 Å². The molecule has 1 amide bonds. The van der Waals surface area contributed by atoms with E-state index < -0.39 is 0 Å². The first kappa shape index (κ1) is 19.9. The van der Waals surface area contributed by atoms with Crippen LogP contribution in [-0.4, -0.2) is 38.8 Å². The number of halogens is 1. The molecule has 0 radical (unpaired) electrons. The van der Waals surface area contributed by atoms with Gasteiger partial charge in [-0.3, -0.25) is 14.6 Å². The maximum absolute atomic E-state index is 13.8. The highest BCUT2D eigenvalue weighted by molar-refractivity contribution is 5.76. The SMILES string of the molecule is O=C(CCc1ccccc1F)N1CCC[C@H](c2nc(-c3ccncc3)cc(=O)[nH]2)C1. The maximum Gasteiger partial charge on any atom is 0.251 e. The molecule has 1 fully saturated rings. The van der Waals surface area contributed by atoms with E-state index in [1.807, 2.05) is 12.1 Å². The van der Waals surface area contributed by atoms with Crippen LogP contribution in [0.1, 0.15) is 36.6 Å². The first-order chi connectivity index (χ1) is 14.6. The quantitative estimate of drug-likeness (QED) is 0.705. The first-order valence-electron chi connectivity index (χ1n) is 10.1. The van der Waals surface area contributed by atoms with Crippen molar-refractivity contribution in [1.29, 1.82) is 0 Å². The fraction of sp³-hybridized carbons (Fsp3) is 0.304. The van der Waals surface area contributed by atoms with Crippen LogP contribution < -0.4 is 5.56 Å². The van der Waals surface area contributed by atoms with E-state index in [1.165, 1.54) is 12.1 Å². The van der Waals surface area contributed by atoms with Crippen LogP contribution in [-0.2, 0) is 11.2 Å². The number of carbonyl (C=O) groups excluding carboxylic acids is 1. The van der Waals surface area contributed by atoms with Crippen LogP contribution in [0.4, 0.5) is 4.39 Å². The van der Waals surface area contributed by atoms with Crippen molar-refractivity contribution in [3.05, 3.63) is 82.4 Å². The van der Waals surface area contributed by atoms with Crippen LogP contribution in [0.25, 0.3) is 11.3 Å². The van der Waals surface area contributed by atoms with E-state index in [0.717, 1.165) is 18.4 Å². The highest BCUT2D eigenvalue weighted by atomic mass is 19.1. The number of hydrogen-bond acceptors (Lipinski definition) is 4. The zero-order valence-corrected chi connectivity index (χ0v) is 16.6. The largest absolute Gasteiger partial charge is 0.342 e. The summed E-state index contributed by atoms with van der Waals surface area (Å²) in [5.41, 5.74) is 1.76. The summed E-state index contributed by atoms with van der Waals surface area (Å²) in [6.07, 6.45) is 5.63. The maximum atomic E-state index is 13.8. The summed E-state index contributed by atoms with van der Waals surface area (Å²) in [5.74, 6) is 0.277. The minimum absolute atomic E-state index is 0.00408. The van der Waals surface area contributed by atoms with Crippen LogP contribution >= 0.6 is 0 Å². The fourth-order valence-electron chi connectivity index (χ4n) is 3.87. The van der Waals surface area contributed by atoms with Crippen molar-refractivity contribution in [2.75, 3.05) is 13.1 Å². The smallest absolute Gasteiger partial charge is 0.251 e. The third kappa shape index (κ3) is 4.62. The molecule has 154 valence electrons. The number of nitrogens with one attached hydrogen (secondary N) is 1. The van der Waals surface area contributed by atoms with Gasteiger partial charge in [0.05, 0.1) is 5.69 Å². The summed E-state index contributed by atoms with van der Waals surface area (Å²) in [6, 6.07) is 11.6. The molecule has 0 saturated carbocycles. The number of pyridine rings is 1. The van der Waals surface area contributed by atoms with Crippen LogP contribution in [0.15, 0.2) is 59.7 Å². The Balaban J connectivity index is 1.46. The molecule has 0 bridgehead atoms. The molecular formula is C23H23FN4O2. The third-order valence-electron chi connectivity index (χ3n) is 5.46. The summed E-state index contributed by atoms with van der Waals surface area (Å²) in [4.78, 5) is 38.2. The van der Waals surface area contributed by atoms with Crippen molar-refractivity contribution >= 4 is 5.91 Å². The van der Waals surface area contributed by atoms with E-state index in [1.54, 1.807) is 35.5 Å². The van der Waals surface area contributed by atoms with Crippen molar-refractivity contribution in [1.82, 2.24) is 19.9 Å². The summed E-state index contributed by atoms with van der Waals surface area (Å²) in [5, 5.41) is 0. The third-order valence-corrected chi connectivity index (χ3v) is 5.46. The lowest BCUT2D eigenvalue weighted by Crippen LogP contribution is -2.40. The van der Waals surface area contributed by atoms with Crippen molar-refractivity contribution in [3.8, 4) is 11.3 Å². The molecule has 1 atom stereocenters. The number of aromatic nitrogens is 3. The van der Waals surface area contributed by atoms with Gasteiger partial charge in [-0.1, -0.05) is 18.2 Å². The lowest BCUT2D eigenvalue weighted by molar-refractivity contribution is -0.132. The Kier molecular flexibility index (Phi) is 5.97. The molecule has 6 nitrogen and oxygen atoms in total. The second-order valence-corrected chi connectivity index (χ2v) is 7.52. The lowest BCUT2D eigenvalue weighted by Gasteiger charge is -2.32. The zero-order valence-electron chi connectivity index (χ0n) is 16.6. The van der Waals surface area contributed by atoms with E-state index in [9.17, 15) is 14.0 Å². The Morgan fingerprint density at radius 2 is 2.00 bits per heavy atom. The number of benzene rings is 1. The highest BCUT2D eigenvalue weighted by Gasteiger charge is 2.26. The van der Waals surface area contributed by atoms with Gasteiger partial charge in [-0.05, 0) is 43.0 Å². The van der Waals surface area contributed by atoms with Gasteiger partial charge in [-0.2, -0.15) is 0 Å². The molecular weight excluding hydrogens is 383 g/mol. The minimum Gasteiger partial charge on any atom is -0.342 e. The van der Waals surface area contributed by atoms with Crippen molar-refractivity contribution < 1.29 is 9.18 Å². The summed E-state index contributed by atoms with van der Waals surface area (Å²) in [6.45, 7) is 1.17. The number of H-pyrrole nitrogens is 1. The van der Waals surface area contributed by atoms with E-state index in [4.69, 9.17) is 0 Å². The van der Waals surface area contributed by atoms with Gasteiger partial charge >= 0.3 is 0 Å². The molecule has 1 aliphatic rings. The average Bonchev–Trinajstić information content (AvgIpc) is 2.78. The Morgan fingerprint density at radius 1 is 1.20 bits per heavy atom. The molecule has 3 aromatic rings. The average molecular weight is 406 g/mol. The summed E-state index contributed by atoms with van der Waals surface area (Å²) < 4.78 is 13.8. The number of carbonyl (C=O) groups is 1. The van der Waals surface area contributed by atoms with Crippen LogP contribution in [0, 0.1) is 5.82 Å². The molecule has 0 aliphatic carbocycles. The lowest BCUT2D eigenvalue weighted by atomic mass is 9.96. The van der Waals surface area contributed by atoms with E-state index in [0.29, 0.717) is 36.6 Å². The van der Waals surface area contributed by atoms with E-state index in [-0.39, 0.29) is 29.6 Å². The van der Waals surface area contributed by atoms with Gasteiger partial charge in [-0.15, -0.1) is 0 Å². The molecule has 3 heterocycles. The zero-order chi connectivity index (χ0) is 20.9. The monoisotopic (exact) mass is 406 g/mol. The number of aromatic amines is 1. The van der Waals surface area contributed by atoms with E-state index >= 15 is 0 Å². The summed E-state index contributed by atoms with van der Waals surface area (Å²) in [7, 11) is 0. The molecule has 7 heteroatoms. The number of likely N-dealkylation sites (tertiary alicyclic amines) is 1. The number of rotatable bonds is 5. The Morgan fingerprint density at radius 3 is 2.80 bits per heavy atom. The van der Waals surface area contributed by atoms with Crippen molar-refractivity contribution in [3.63, 3.8) is 0 Å². The number of nitrogens with zero attached hydrogens (tertiary/aromatic N) is 3. The number of amides is 1. The summed E-state index contributed by atoms with van der Waals surface area (Å²) >= 11 is 0. The van der Waals surface area contributed by atoms with Gasteiger partial charge in [-0.25, -0.2) is 9.37 Å². The highest BCUT2D eigenvalue weighted by Crippen LogP contribution is 2.26. The predicted molar refractivity (Wildman–Crippen MR) is 111 cm³/mol. The molecule has 1 N–H and O–H groups in total. The standard InChI is InChI=1S/C23H23FN4O2/c24-19-6-2-1-4-16(19)7-8-22(30)28-13-3-5-18(15-28)23-26-20(14-21(29)27-23)17-9-11-25-12-10-17/h1-2,4,6,9-12,14,18H,3,5,7-8,13,15H2,(H,26,27,29)/t18-/m0/s1. The Hall–Kier alpha value is -3.35. The molecule has 4 rings (SSSR count). The van der Waals surface area contributed by atoms with Crippen LogP contribution in [0.2, 0.25) is 0 Å². The Bertz CT molecular complexity index is 1080. The number of aryl methyl sites for hydroxylation is 1. The van der Waals surface area contributed by atoms with Gasteiger partial charge in [0, 0.05) is 49.5 Å².